The van der Waals surface area contributed by atoms with Crippen LogP contribution in [0.1, 0.15) is 17.0 Å². The summed E-state index contributed by atoms with van der Waals surface area (Å²) in [6.45, 7) is 4.18. The lowest BCUT2D eigenvalue weighted by atomic mass is 10.1. The molecule has 3 aromatic heterocycles. The molecule has 0 radical (unpaired) electrons. The molecule has 0 spiro atoms. The minimum atomic E-state index is 0.390. The molecule has 0 amide bonds. The van der Waals surface area contributed by atoms with E-state index in [1.54, 1.807) is 0 Å². The summed E-state index contributed by atoms with van der Waals surface area (Å²) in [5, 5.41) is 3.96. The first-order valence-electron chi connectivity index (χ1n) is 8.00. The van der Waals surface area contributed by atoms with Gasteiger partial charge in [-0.05, 0) is 38.1 Å². The first kappa shape index (κ1) is 15.3. The fraction of sp³-hybridized carbons (Fsp3) is 0.158. The maximum atomic E-state index is 5.99. The van der Waals surface area contributed by atoms with E-state index < -0.39 is 0 Å². The van der Waals surface area contributed by atoms with E-state index in [0.29, 0.717) is 18.0 Å². The standard InChI is InChI=1S/C19H18N4O2/c1-12-16(13(2)25-22-12)11-24-18-7-4-8-23-10-17(21-19(18)23)14-5-3-6-15(20)9-14/h3-10H,11,20H2,1-2H3. The molecule has 126 valence electrons. The molecule has 0 atom stereocenters. The van der Waals surface area contributed by atoms with E-state index in [2.05, 4.69) is 5.16 Å². The number of anilines is 1. The molecular formula is C19H18N4O2. The molecule has 0 bridgehead atoms. The highest BCUT2D eigenvalue weighted by molar-refractivity contribution is 5.68. The van der Waals surface area contributed by atoms with Gasteiger partial charge in [-0.15, -0.1) is 0 Å². The zero-order valence-electron chi connectivity index (χ0n) is 14.1. The third-order valence-corrected chi connectivity index (χ3v) is 4.18. The van der Waals surface area contributed by atoms with Crippen molar-refractivity contribution in [1.29, 1.82) is 0 Å². The Morgan fingerprint density at radius 3 is 2.84 bits per heavy atom. The van der Waals surface area contributed by atoms with Crippen LogP contribution >= 0.6 is 0 Å². The van der Waals surface area contributed by atoms with Crippen LogP contribution in [0.15, 0.2) is 53.3 Å². The molecule has 0 aliphatic heterocycles. The maximum Gasteiger partial charge on any atom is 0.180 e. The minimum Gasteiger partial charge on any atom is -0.485 e. The molecule has 6 heteroatoms. The zero-order chi connectivity index (χ0) is 17.4. The number of hydrogen-bond acceptors (Lipinski definition) is 5. The minimum absolute atomic E-state index is 0.390. The van der Waals surface area contributed by atoms with Crippen LogP contribution in [0.3, 0.4) is 0 Å². The molecule has 25 heavy (non-hydrogen) atoms. The second-order valence-electron chi connectivity index (χ2n) is 5.95. The van der Waals surface area contributed by atoms with Crippen LogP contribution in [0.25, 0.3) is 16.9 Å². The molecular weight excluding hydrogens is 316 g/mol. The Balaban J connectivity index is 1.68. The van der Waals surface area contributed by atoms with E-state index in [9.17, 15) is 0 Å². The third kappa shape index (κ3) is 2.82. The van der Waals surface area contributed by atoms with Gasteiger partial charge < -0.3 is 19.4 Å². The number of ether oxygens (including phenoxy) is 1. The summed E-state index contributed by atoms with van der Waals surface area (Å²) < 4.78 is 13.1. The van der Waals surface area contributed by atoms with E-state index in [1.807, 2.05) is 67.0 Å². The van der Waals surface area contributed by atoms with E-state index in [1.165, 1.54) is 0 Å². The normalized spacial score (nSPS) is 11.1. The van der Waals surface area contributed by atoms with Crippen LogP contribution in [0.2, 0.25) is 0 Å². The van der Waals surface area contributed by atoms with Gasteiger partial charge in [0.05, 0.1) is 17.0 Å². The predicted octanol–water partition coefficient (Wildman–Crippen LogP) is 3.77. The van der Waals surface area contributed by atoms with Gasteiger partial charge in [-0.25, -0.2) is 4.98 Å². The van der Waals surface area contributed by atoms with Gasteiger partial charge in [-0.1, -0.05) is 17.3 Å². The van der Waals surface area contributed by atoms with Gasteiger partial charge in [-0.3, -0.25) is 0 Å². The Bertz CT molecular complexity index is 1030. The van der Waals surface area contributed by atoms with Crippen molar-refractivity contribution in [2.45, 2.75) is 20.5 Å². The van der Waals surface area contributed by atoms with Crippen molar-refractivity contribution in [1.82, 2.24) is 14.5 Å². The van der Waals surface area contributed by atoms with Gasteiger partial charge in [0.15, 0.2) is 11.4 Å². The fourth-order valence-electron chi connectivity index (χ4n) is 2.79. The van der Waals surface area contributed by atoms with Crippen LogP contribution in [0.4, 0.5) is 5.69 Å². The number of fused-ring (bicyclic) bond motifs is 1. The van der Waals surface area contributed by atoms with Crippen LogP contribution < -0.4 is 10.5 Å². The van der Waals surface area contributed by atoms with Crippen molar-refractivity contribution in [2.75, 3.05) is 5.73 Å². The predicted molar refractivity (Wildman–Crippen MR) is 95.3 cm³/mol. The Kier molecular flexibility index (Phi) is 3.65. The SMILES string of the molecule is Cc1noc(C)c1COc1cccn2cc(-c3cccc(N)c3)nc12. The summed E-state index contributed by atoms with van der Waals surface area (Å²) in [5.74, 6) is 1.48. The summed E-state index contributed by atoms with van der Waals surface area (Å²) in [4.78, 5) is 4.71. The number of benzene rings is 1. The van der Waals surface area contributed by atoms with E-state index >= 15 is 0 Å². The van der Waals surface area contributed by atoms with Crippen molar-refractivity contribution in [3.05, 3.63) is 65.8 Å². The summed E-state index contributed by atoms with van der Waals surface area (Å²) >= 11 is 0. The molecule has 0 fully saturated rings. The van der Waals surface area contributed by atoms with Crippen LogP contribution in [-0.2, 0) is 6.61 Å². The Morgan fingerprint density at radius 1 is 1.20 bits per heavy atom. The van der Waals surface area contributed by atoms with Crippen molar-refractivity contribution < 1.29 is 9.26 Å². The molecule has 1 aromatic carbocycles. The van der Waals surface area contributed by atoms with E-state index in [-0.39, 0.29) is 0 Å². The maximum absolute atomic E-state index is 5.99. The number of nitrogen functional groups attached to an aromatic ring is 1. The fourth-order valence-corrected chi connectivity index (χ4v) is 2.79. The van der Waals surface area contributed by atoms with Gasteiger partial charge in [0, 0.05) is 23.6 Å². The molecule has 2 N–H and O–H groups in total. The van der Waals surface area contributed by atoms with Crippen molar-refractivity contribution in [3.63, 3.8) is 0 Å². The molecule has 0 saturated carbocycles. The molecule has 4 rings (SSSR count). The number of imidazole rings is 1. The second-order valence-corrected chi connectivity index (χ2v) is 5.95. The Labute approximate surface area is 144 Å². The first-order chi connectivity index (χ1) is 12.1. The average Bonchev–Trinajstić information content (AvgIpc) is 3.17. The van der Waals surface area contributed by atoms with Gasteiger partial charge in [0.25, 0.3) is 0 Å². The smallest absolute Gasteiger partial charge is 0.180 e. The topological polar surface area (TPSA) is 78.6 Å². The zero-order valence-corrected chi connectivity index (χ0v) is 14.1. The van der Waals surface area contributed by atoms with Crippen LogP contribution in [0, 0.1) is 13.8 Å². The van der Waals surface area contributed by atoms with Gasteiger partial charge in [0.1, 0.15) is 12.4 Å². The number of hydrogen-bond donors (Lipinski definition) is 1. The molecule has 0 aliphatic rings. The first-order valence-corrected chi connectivity index (χ1v) is 8.00. The highest BCUT2D eigenvalue weighted by atomic mass is 16.5. The lowest BCUT2D eigenvalue weighted by Gasteiger charge is -2.06. The molecule has 6 nitrogen and oxygen atoms in total. The third-order valence-electron chi connectivity index (χ3n) is 4.18. The summed E-state index contributed by atoms with van der Waals surface area (Å²) in [6.07, 6.45) is 3.91. The summed E-state index contributed by atoms with van der Waals surface area (Å²) in [5.41, 5.74) is 11.0. The van der Waals surface area contributed by atoms with E-state index in [0.717, 1.165) is 33.9 Å². The van der Waals surface area contributed by atoms with Crippen LogP contribution in [-0.4, -0.2) is 14.5 Å². The van der Waals surface area contributed by atoms with E-state index in [4.69, 9.17) is 20.0 Å². The lowest BCUT2D eigenvalue weighted by Crippen LogP contribution is -1.99. The molecule has 0 unspecified atom stereocenters. The van der Waals surface area contributed by atoms with Crippen molar-refractivity contribution >= 4 is 11.3 Å². The highest BCUT2D eigenvalue weighted by Gasteiger charge is 2.13. The van der Waals surface area contributed by atoms with Gasteiger partial charge in [0.2, 0.25) is 0 Å². The van der Waals surface area contributed by atoms with Crippen molar-refractivity contribution in [2.24, 2.45) is 0 Å². The number of nitrogens with zero attached hydrogens (tertiary/aromatic N) is 3. The summed E-state index contributed by atoms with van der Waals surface area (Å²) in [7, 11) is 0. The number of pyridine rings is 1. The Morgan fingerprint density at radius 2 is 2.08 bits per heavy atom. The number of rotatable bonds is 4. The number of nitrogens with two attached hydrogens (primary N) is 1. The largest absolute Gasteiger partial charge is 0.485 e. The molecule has 0 aliphatic carbocycles. The lowest BCUT2D eigenvalue weighted by molar-refractivity contribution is 0.303. The molecule has 0 saturated heterocycles. The number of aromatic nitrogens is 3. The molecule has 3 heterocycles. The van der Waals surface area contributed by atoms with Gasteiger partial charge in [-0.2, -0.15) is 0 Å². The highest BCUT2D eigenvalue weighted by Crippen LogP contribution is 2.26. The second kappa shape index (κ2) is 5.98. The van der Waals surface area contributed by atoms with Crippen molar-refractivity contribution in [3.8, 4) is 17.0 Å². The van der Waals surface area contributed by atoms with Crippen LogP contribution in [0.5, 0.6) is 5.75 Å². The average molecular weight is 334 g/mol. The number of aryl methyl sites for hydroxylation is 2. The monoisotopic (exact) mass is 334 g/mol. The molecule has 4 aromatic rings. The van der Waals surface area contributed by atoms with Gasteiger partial charge >= 0.3 is 0 Å². The Hall–Kier alpha value is -3.28. The summed E-state index contributed by atoms with van der Waals surface area (Å²) in [6, 6.07) is 11.5. The quantitative estimate of drug-likeness (QED) is 0.575.